The summed E-state index contributed by atoms with van der Waals surface area (Å²) in [5.41, 5.74) is 5.25. The molecule has 32 heavy (non-hydrogen) atoms. The second kappa shape index (κ2) is 8.50. The second-order valence-electron chi connectivity index (χ2n) is 9.22. The van der Waals surface area contributed by atoms with Crippen LogP contribution in [-0.4, -0.2) is 18.4 Å². The van der Waals surface area contributed by atoms with Gasteiger partial charge in [0.05, 0.1) is 12.2 Å². The number of hydrogen-bond acceptors (Lipinski definition) is 3. The standard InChI is InChI=1S/C27H28N2O3/c1-18-5-7-19(8-6-18)16-29-23-15-22(13-14-24(23)32-17-25(29)30)28-26(31)20-9-11-21(12-10-20)27(2,3)4/h5-15H,16-17H2,1-4H3,(H,28,31). The summed E-state index contributed by atoms with van der Waals surface area (Å²) in [7, 11) is 0. The molecule has 2 amide bonds. The van der Waals surface area contributed by atoms with Crippen LogP contribution < -0.4 is 15.0 Å². The van der Waals surface area contributed by atoms with E-state index >= 15 is 0 Å². The quantitative estimate of drug-likeness (QED) is 0.599. The molecule has 1 N–H and O–H groups in total. The van der Waals surface area contributed by atoms with Crippen LogP contribution in [0.2, 0.25) is 0 Å². The number of benzene rings is 3. The van der Waals surface area contributed by atoms with Crippen LogP contribution in [0, 0.1) is 6.92 Å². The number of amides is 2. The molecule has 164 valence electrons. The predicted molar refractivity (Wildman–Crippen MR) is 127 cm³/mol. The highest BCUT2D eigenvalue weighted by Crippen LogP contribution is 2.35. The first kappa shape index (κ1) is 21.6. The van der Waals surface area contributed by atoms with Crippen LogP contribution in [0.5, 0.6) is 5.75 Å². The number of carbonyl (C=O) groups excluding carboxylic acids is 2. The van der Waals surface area contributed by atoms with Gasteiger partial charge in [0.25, 0.3) is 11.8 Å². The van der Waals surface area contributed by atoms with E-state index in [4.69, 9.17) is 4.74 Å². The summed E-state index contributed by atoms with van der Waals surface area (Å²) in [6.45, 7) is 8.90. The molecule has 0 unspecified atom stereocenters. The molecule has 0 radical (unpaired) electrons. The Kier molecular flexibility index (Phi) is 5.74. The van der Waals surface area contributed by atoms with Gasteiger partial charge in [0.2, 0.25) is 0 Å². The van der Waals surface area contributed by atoms with Crippen LogP contribution in [0.1, 0.15) is 47.8 Å². The van der Waals surface area contributed by atoms with Gasteiger partial charge >= 0.3 is 0 Å². The van der Waals surface area contributed by atoms with Gasteiger partial charge in [-0.05, 0) is 53.8 Å². The van der Waals surface area contributed by atoms with Crippen molar-refractivity contribution in [3.8, 4) is 5.75 Å². The molecule has 1 aliphatic heterocycles. The minimum atomic E-state index is -0.196. The van der Waals surface area contributed by atoms with Crippen molar-refractivity contribution in [2.45, 2.75) is 39.7 Å². The molecule has 0 atom stereocenters. The Balaban J connectivity index is 1.55. The number of hydrogen-bond donors (Lipinski definition) is 1. The minimum Gasteiger partial charge on any atom is -0.482 e. The van der Waals surface area contributed by atoms with E-state index in [0.29, 0.717) is 29.2 Å². The van der Waals surface area contributed by atoms with Crippen LogP contribution in [0.3, 0.4) is 0 Å². The molecule has 0 saturated heterocycles. The van der Waals surface area contributed by atoms with E-state index in [2.05, 4.69) is 26.1 Å². The largest absolute Gasteiger partial charge is 0.482 e. The van der Waals surface area contributed by atoms with Crippen molar-refractivity contribution in [3.05, 3.63) is 89.0 Å². The van der Waals surface area contributed by atoms with Crippen molar-refractivity contribution in [2.75, 3.05) is 16.8 Å². The first-order valence-electron chi connectivity index (χ1n) is 10.8. The Morgan fingerprint density at radius 2 is 1.69 bits per heavy atom. The lowest BCUT2D eigenvalue weighted by Crippen LogP contribution is -2.38. The molecule has 5 nitrogen and oxygen atoms in total. The molecule has 0 bridgehead atoms. The third-order valence-corrected chi connectivity index (χ3v) is 5.63. The van der Waals surface area contributed by atoms with Crippen LogP contribution in [0.4, 0.5) is 11.4 Å². The smallest absolute Gasteiger partial charge is 0.265 e. The highest BCUT2D eigenvalue weighted by Gasteiger charge is 2.26. The molecule has 4 rings (SSSR count). The van der Waals surface area contributed by atoms with E-state index in [1.165, 1.54) is 11.1 Å². The normalized spacial score (nSPS) is 13.4. The SMILES string of the molecule is Cc1ccc(CN2C(=O)COc3ccc(NC(=O)c4ccc(C(C)(C)C)cc4)cc32)cc1. The molecular weight excluding hydrogens is 400 g/mol. The molecule has 3 aromatic rings. The Hall–Kier alpha value is -3.60. The molecule has 0 spiro atoms. The fourth-order valence-corrected chi connectivity index (χ4v) is 3.65. The maximum atomic E-state index is 12.8. The van der Waals surface area contributed by atoms with Gasteiger partial charge < -0.3 is 15.0 Å². The number of ether oxygens (including phenoxy) is 1. The van der Waals surface area contributed by atoms with Crippen molar-refractivity contribution < 1.29 is 14.3 Å². The van der Waals surface area contributed by atoms with E-state index < -0.39 is 0 Å². The molecule has 0 aromatic heterocycles. The van der Waals surface area contributed by atoms with Gasteiger partial charge in [0, 0.05) is 11.3 Å². The van der Waals surface area contributed by atoms with Gasteiger partial charge in [0.1, 0.15) is 5.75 Å². The van der Waals surface area contributed by atoms with Crippen molar-refractivity contribution in [2.24, 2.45) is 0 Å². The molecule has 0 fully saturated rings. The maximum Gasteiger partial charge on any atom is 0.265 e. The highest BCUT2D eigenvalue weighted by atomic mass is 16.5. The number of nitrogens with one attached hydrogen (secondary N) is 1. The van der Waals surface area contributed by atoms with E-state index in [1.54, 1.807) is 23.1 Å². The van der Waals surface area contributed by atoms with Crippen molar-refractivity contribution in [1.82, 2.24) is 0 Å². The van der Waals surface area contributed by atoms with Crippen molar-refractivity contribution in [3.63, 3.8) is 0 Å². The van der Waals surface area contributed by atoms with Gasteiger partial charge in [0.15, 0.2) is 6.61 Å². The van der Waals surface area contributed by atoms with E-state index in [-0.39, 0.29) is 23.8 Å². The van der Waals surface area contributed by atoms with Crippen LogP contribution >= 0.6 is 0 Å². The topological polar surface area (TPSA) is 58.6 Å². The molecular formula is C27H28N2O3. The Bertz CT molecular complexity index is 1140. The van der Waals surface area contributed by atoms with Crippen molar-refractivity contribution in [1.29, 1.82) is 0 Å². The van der Waals surface area contributed by atoms with E-state index in [1.807, 2.05) is 55.5 Å². The number of rotatable bonds is 4. The lowest BCUT2D eigenvalue weighted by Gasteiger charge is -2.30. The Labute approximate surface area is 189 Å². The van der Waals surface area contributed by atoms with Crippen LogP contribution in [0.15, 0.2) is 66.7 Å². The highest BCUT2D eigenvalue weighted by molar-refractivity contribution is 6.05. The van der Waals surface area contributed by atoms with Crippen LogP contribution in [0.25, 0.3) is 0 Å². The summed E-state index contributed by atoms with van der Waals surface area (Å²) < 4.78 is 5.61. The molecule has 0 aliphatic carbocycles. The average Bonchev–Trinajstić information content (AvgIpc) is 2.76. The van der Waals surface area contributed by atoms with Gasteiger partial charge in [-0.3, -0.25) is 9.59 Å². The first-order valence-corrected chi connectivity index (χ1v) is 10.8. The zero-order valence-electron chi connectivity index (χ0n) is 18.9. The number of anilines is 2. The molecule has 0 saturated carbocycles. The van der Waals surface area contributed by atoms with Gasteiger partial charge in [-0.1, -0.05) is 62.7 Å². The second-order valence-corrected chi connectivity index (χ2v) is 9.22. The lowest BCUT2D eigenvalue weighted by molar-refractivity contribution is -0.121. The van der Waals surface area contributed by atoms with Crippen molar-refractivity contribution >= 4 is 23.2 Å². The summed E-state index contributed by atoms with van der Waals surface area (Å²) in [6, 6.07) is 21.1. The Morgan fingerprint density at radius 3 is 2.34 bits per heavy atom. The third kappa shape index (κ3) is 4.67. The van der Waals surface area contributed by atoms with Crippen LogP contribution in [-0.2, 0) is 16.8 Å². The summed E-state index contributed by atoms with van der Waals surface area (Å²) in [5, 5.41) is 2.94. The van der Waals surface area contributed by atoms with Gasteiger partial charge in [-0.2, -0.15) is 0 Å². The minimum absolute atomic E-state index is 0.00466. The molecule has 1 heterocycles. The lowest BCUT2D eigenvalue weighted by atomic mass is 9.87. The number of fused-ring (bicyclic) bond motifs is 1. The number of aryl methyl sites for hydroxylation is 1. The Morgan fingerprint density at radius 1 is 1.00 bits per heavy atom. The van der Waals surface area contributed by atoms with E-state index in [0.717, 1.165) is 5.56 Å². The number of carbonyl (C=O) groups is 2. The van der Waals surface area contributed by atoms with Gasteiger partial charge in [-0.15, -0.1) is 0 Å². The summed E-state index contributed by atoms with van der Waals surface area (Å²) in [5.74, 6) is 0.321. The fraction of sp³-hybridized carbons (Fsp3) is 0.259. The monoisotopic (exact) mass is 428 g/mol. The molecule has 3 aromatic carbocycles. The summed E-state index contributed by atoms with van der Waals surface area (Å²) in [4.78, 5) is 27.1. The number of nitrogens with zero attached hydrogens (tertiary/aromatic N) is 1. The molecule has 5 heteroatoms. The van der Waals surface area contributed by atoms with E-state index in [9.17, 15) is 9.59 Å². The fourth-order valence-electron chi connectivity index (χ4n) is 3.65. The summed E-state index contributed by atoms with van der Waals surface area (Å²) in [6.07, 6.45) is 0. The first-order chi connectivity index (χ1) is 15.2. The zero-order valence-corrected chi connectivity index (χ0v) is 18.9. The maximum absolute atomic E-state index is 12.8. The average molecular weight is 429 g/mol. The zero-order chi connectivity index (χ0) is 22.9. The predicted octanol–water partition coefficient (Wildman–Crippen LogP) is 5.47. The third-order valence-electron chi connectivity index (χ3n) is 5.63. The van der Waals surface area contributed by atoms with Gasteiger partial charge in [-0.25, -0.2) is 0 Å². The summed E-state index contributed by atoms with van der Waals surface area (Å²) >= 11 is 0. The molecule has 1 aliphatic rings.